The van der Waals surface area contributed by atoms with Crippen LogP contribution in [0.5, 0.6) is 0 Å². The second kappa shape index (κ2) is 11.3. The molecule has 1 aliphatic heterocycles. The Labute approximate surface area is 114 Å². The molecule has 1 fully saturated rings. The Hall–Kier alpha value is -0.820. The van der Waals surface area contributed by atoms with E-state index in [1.165, 1.54) is 31.6 Å². The average Bonchev–Trinajstić information content (AvgIpc) is 2.68. The number of nitrogens with zero attached hydrogens (tertiary/aromatic N) is 1. The normalized spacial score (nSPS) is 22.3. The number of rotatable bonds is 1. The molecule has 0 aromatic heterocycles. The fourth-order valence-corrected chi connectivity index (χ4v) is 2.00. The van der Waals surface area contributed by atoms with Crippen molar-refractivity contribution in [3.8, 4) is 0 Å². The molecule has 1 heteroatoms. The molecule has 0 N–H and O–H groups in total. The Kier molecular flexibility index (Phi) is 10.8. The molecular weight excluding hydrogens is 218 g/mol. The highest BCUT2D eigenvalue weighted by Crippen LogP contribution is 2.13. The lowest BCUT2D eigenvalue weighted by Crippen LogP contribution is -2.18. The zero-order chi connectivity index (χ0) is 13.8. The van der Waals surface area contributed by atoms with Crippen molar-refractivity contribution < 1.29 is 0 Å². The van der Waals surface area contributed by atoms with Gasteiger partial charge in [-0.05, 0) is 38.8 Å². The topological polar surface area (TPSA) is 3.24 Å². The largest absolute Gasteiger partial charge is 0.303 e. The van der Waals surface area contributed by atoms with Crippen LogP contribution in [0.1, 0.15) is 47.5 Å². The summed E-state index contributed by atoms with van der Waals surface area (Å²) in [5.41, 5.74) is 1.33. The van der Waals surface area contributed by atoms with Gasteiger partial charge in [0.1, 0.15) is 0 Å². The molecule has 18 heavy (non-hydrogen) atoms. The van der Waals surface area contributed by atoms with Gasteiger partial charge < -0.3 is 4.90 Å². The molecule has 1 saturated heterocycles. The molecule has 0 spiro atoms. The quantitative estimate of drug-likeness (QED) is 0.644. The molecule has 0 radical (unpaired) electrons. The lowest BCUT2D eigenvalue weighted by Gasteiger charge is -2.09. The van der Waals surface area contributed by atoms with E-state index in [9.17, 15) is 0 Å². The van der Waals surface area contributed by atoms with Crippen LogP contribution in [0.15, 0.2) is 36.0 Å². The van der Waals surface area contributed by atoms with Gasteiger partial charge in [0.05, 0.1) is 0 Å². The van der Waals surface area contributed by atoms with Crippen LogP contribution in [0.25, 0.3) is 0 Å². The summed E-state index contributed by atoms with van der Waals surface area (Å²) in [6.07, 6.45) is 13.1. The van der Waals surface area contributed by atoms with Crippen molar-refractivity contribution in [1.82, 2.24) is 4.90 Å². The first-order valence-electron chi connectivity index (χ1n) is 7.44. The molecule has 1 heterocycles. The maximum Gasteiger partial charge on any atom is 0.000738 e. The number of allylic oxidation sites excluding steroid dienone is 6. The van der Waals surface area contributed by atoms with Gasteiger partial charge >= 0.3 is 0 Å². The van der Waals surface area contributed by atoms with Crippen LogP contribution in [0, 0.1) is 5.92 Å². The van der Waals surface area contributed by atoms with Gasteiger partial charge in [-0.3, -0.25) is 0 Å². The highest BCUT2D eigenvalue weighted by atomic mass is 15.1. The van der Waals surface area contributed by atoms with Crippen molar-refractivity contribution in [2.75, 3.05) is 19.6 Å². The lowest BCUT2D eigenvalue weighted by atomic mass is 10.2. The van der Waals surface area contributed by atoms with Crippen LogP contribution in [0.2, 0.25) is 0 Å². The van der Waals surface area contributed by atoms with E-state index in [0.29, 0.717) is 0 Å². The van der Waals surface area contributed by atoms with Gasteiger partial charge in [0.15, 0.2) is 0 Å². The number of hydrogen-bond donors (Lipinski definition) is 0. The smallest absolute Gasteiger partial charge is 0.000738 e. The summed E-state index contributed by atoms with van der Waals surface area (Å²) in [7, 11) is 0. The monoisotopic (exact) mass is 249 g/mol. The highest BCUT2D eigenvalue weighted by molar-refractivity contribution is 5.24. The standard InChI is InChI=1S/C8H10.C7H15N.C2H6/c1-8-6-4-2-3-5-7-8;1-3-8-5-4-7(2)6-8;1-2/h2,4-7H,3H2,1H3;7H,3-6H2,1-2H3;1-2H3. The van der Waals surface area contributed by atoms with Crippen molar-refractivity contribution in [3.05, 3.63) is 36.0 Å². The third-order valence-corrected chi connectivity index (χ3v) is 3.10. The maximum atomic E-state index is 2.50. The molecule has 1 unspecified atom stereocenters. The van der Waals surface area contributed by atoms with Crippen LogP contribution in [-0.2, 0) is 0 Å². The molecular formula is C17H31N. The van der Waals surface area contributed by atoms with Gasteiger partial charge in [-0.15, -0.1) is 0 Å². The summed E-state index contributed by atoms with van der Waals surface area (Å²) >= 11 is 0. The van der Waals surface area contributed by atoms with Crippen molar-refractivity contribution in [3.63, 3.8) is 0 Å². The number of hydrogen-bond acceptors (Lipinski definition) is 1. The maximum absolute atomic E-state index is 2.50. The van der Waals surface area contributed by atoms with Gasteiger partial charge in [0.25, 0.3) is 0 Å². The van der Waals surface area contributed by atoms with Gasteiger partial charge in [-0.1, -0.05) is 63.6 Å². The minimum Gasteiger partial charge on any atom is -0.303 e. The molecule has 1 nitrogen and oxygen atoms in total. The fraction of sp³-hybridized carbons (Fsp3) is 0.647. The Morgan fingerprint density at radius 3 is 2.50 bits per heavy atom. The van der Waals surface area contributed by atoms with E-state index in [1.54, 1.807) is 0 Å². The zero-order valence-corrected chi connectivity index (χ0v) is 12.9. The van der Waals surface area contributed by atoms with Crippen LogP contribution in [0.4, 0.5) is 0 Å². The third-order valence-electron chi connectivity index (χ3n) is 3.10. The second-order valence-corrected chi connectivity index (χ2v) is 4.76. The van der Waals surface area contributed by atoms with Crippen LogP contribution in [-0.4, -0.2) is 24.5 Å². The third kappa shape index (κ3) is 8.30. The minimum absolute atomic E-state index is 0.954. The Morgan fingerprint density at radius 1 is 1.28 bits per heavy atom. The number of likely N-dealkylation sites (tertiary alicyclic amines) is 1. The molecule has 104 valence electrons. The first kappa shape index (κ1) is 17.2. The molecule has 2 aliphatic rings. The molecule has 2 rings (SSSR count). The van der Waals surface area contributed by atoms with Gasteiger partial charge in [-0.25, -0.2) is 0 Å². The van der Waals surface area contributed by atoms with Crippen molar-refractivity contribution in [1.29, 1.82) is 0 Å². The molecule has 0 saturated carbocycles. The van der Waals surface area contributed by atoms with E-state index in [4.69, 9.17) is 0 Å². The van der Waals surface area contributed by atoms with Crippen LogP contribution < -0.4 is 0 Å². The van der Waals surface area contributed by atoms with Crippen LogP contribution in [0.3, 0.4) is 0 Å². The Bertz CT molecular complexity index is 273. The van der Waals surface area contributed by atoms with E-state index in [1.807, 2.05) is 13.8 Å². The second-order valence-electron chi connectivity index (χ2n) is 4.76. The summed E-state index contributed by atoms with van der Waals surface area (Å²) in [6, 6.07) is 0. The minimum atomic E-state index is 0.954. The van der Waals surface area contributed by atoms with Crippen molar-refractivity contribution in [2.45, 2.75) is 47.5 Å². The molecule has 1 atom stereocenters. The van der Waals surface area contributed by atoms with E-state index in [0.717, 1.165) is 12.3 Å². The predicted octanol–water partition coefficient (Wildman–Crippen LogP) is 4.82. The SMILES string of the molecule is CC.CC1=CC=CCC=C1.CCN1CCC(C)C1. The van der Waals surface area contributed by atoms with Gasteiger partial charge in [-0.2, -0.15) is 0 Å². The summed E-state index contributed by atoms with van der Waals surface area (Å²) in [4.78, 5) is 2.50. The van der Waals surface area contributed by atoms with E-state index in [2.05, 4.69) is 56.1 Å². The van der Waals surface area contributed by atoms with Crippen molar-refractivity contribution >= 4 is 0 Å². The average molecular weight is 249 g/mol. The summed E-state index contributed by atoms with van der Waals surface area (Å²) in [6.45, 7) is 14.6. The first-order valence-corrected chi connectivity index (χ1v) is 7.44. The molecule has 1 aliphatic carbocycles. The summed E-state index contributed by atoms with van der Waals surface area (Å²) in [5, 5.41) is 0. The van der Waals surface area contributed by atoms with E-state index in [-0.39, 0.29) is 0 Å². The van der Waals surface area contributed by atoms with E-state index >= 15 is 0 Å². The lowest BCUT2D eigenvalue weighted by molar-refractivity contribution is 0.346. The van der Waals surface area contributed by atoms with Crippen LogP contribution >= 0.6 is 0 Å². The zero-order valence-electron chi connectivity index (χ0n) is 12.9. The van der Waals surface area contributed by atoms with Gasteiger partial charge in [0.2, 0.25) is 0 Å². The fourth-order valence-electron chi connectivity index (χ4n) is 2.00. The molecule has 0 bridgehead atoms. The summed E-state index contributed by atoms with van der Waals surface area (Å²) in [5.74, 6) is 0.954. The molecule has 0 amide bonds. The Morgan fingerprint density at radius 2 is 2.00 bits per heavy atom. The summed E-state index contributed by atoms with van der Waals surface area (Å²) < 4.78 is 0. The van der Waals surface area contributed by atoms with E-state index < -0.39 is 0 Å². The predicted molar refractivity (Wildman–Crippen MR) is 83.9 cm³/mol. The van der Waals surface area contributed by atoms with Gasteiger partial charge in [0, 0.05) is 6.54 Å². The molecule has 0 aromatic carbocycles. The first-order chi connectivity index (χ1) is 8.72. The van der Waals surface area contributed by atoms with Crippen molar-refractivity contribution in [2.24, 2.45) is 5.92 Å². The highest BCUT2D eigenvalue weighted by Gasteiger charge is 2.15. The molecule has 0 aromatic rings. The Balaban J connectivity index is 0.000000283.